The molecular formula is C33H47N5O7. The van der Waals surface area contributed by atoms with Gasteiger partial charge in [0.1, 0.15) is 24.2 Å². The molecule has 1 aromatic rings. The molecule has 0 unspecified atom stereocenters. The van der Waals surface area contributed by atoms with Gasteiger partial charge in [-0.25, -0.2) is 9.59 Å². The number of likely N-dealkylation sites (tertiary alicyclic amines) is 1. The molecule has 0 spiro atoms. The van der Waals surface area contributed by atoms with E-state index in [0.717, 1.165) is 50.5 Å². The smallest absolute Gasteiger partial charge is 0.332 e. The van der Waals surface area contributed by atoms with Crippen molar-refractivity contribution in [3.8, 4) is 0 Å². The van der Waals surface area contributed by atoms with E-state index >= 15 is 0 Å². The monoisotopic (exact) mass is 625 g/mol. The molecule has 3 fully saturated rings. The van der Waals surface area contributed by atoms with Crippen molar-refractivity contribution in [3.63, 3.8) is 0 Å². The molecule has 0 aromatic heterocycles. The summed E-state index contributed by atoms with van der Waals surface area (Å²) in [5.41, 5.74) is 4.70. The molecule has 5 N–H and O–H groups in total. The first-order valence-electron chi connectivity index (χ1n) is 16.2. The third kappa shape index (κ3) is 8.40. The van der Waals surface area contributed by atoms with Gasteiger partial charge in [0.05, 0.1) is 6.54 Å². The molecule has 1 saturated heterocycles. The van der Waals surface area contributed by atoms with E-state index in [1.165, 1.54) is 4.90 Å². The summed E-state index contributed by atoms with van der Waals surface area (Å²) in [5, 5.41) is 8.30. The molecule has 3 atom stereocenters. The Bertz CT molecular complexity index is 1240. The Morgan fingerprint density at radius 3 is 2.24 bits per heavy atom. The number of benzene rings is 1. The van der Waals surface area contributed by atoms with E-state index in [1.807, 2.05) is 44.2 Å². The van der Waals surface area contributed by atoms with Crippen molar-refractivity contribution >= 4 is 35.5 Å². The lowest BCUT2D eigenvalue weighted by Crippen LogP contribution is -2.62. The molecule has 2 aliphatic carbocycles. The lowest BCUT2D eigenvalue weighted by atomic mass is 9.83. The molecule has 246 valence electrons. The van der Waals surface area contributed by atoms with Gasteiger partial charge < -0.3 is 31.3 Å². The Hall–Kier alpha value is -3.96. The third-order valence-corrected chi connectivity index (χ3v) is 9.64. The van der Waals surface area contributed by atoms with Gasteiger partial charge in [-0.05, 0) is 55.4 Å². The highest BCUT2D eigenvalue weighted by atomic mass is 16.5. The van der Waals surface area contributed by atoms with Gasteiger partial charge in [0.25, 0.3) is 5.91 Å². The zero-order valence-electron chi connectivity index (χ0n) is 26.3. The van der Waals surface area contributed by atoms with E-state index in [-0.39, 0.29) is 30.3 Å². The average molecular weight is 626 g/mol. The lowest BCUT2D eigenvalue weighted by molar-refractivity contribution is -0.152. The van der Waals surface area contributed by atoms with E-state index in [2.05, 4.69) is 16.0 Å². The molecule has 0 bridgehead atoms. The number of nitrogens with two attached hydrogens (primary N) is 1. The molecule has 0 radical (unpaired) electrons. The van der Waals surface area contributed by atoms with Crippen molar-refractivity contribution in [3.05, 3.63) is 35.9 Å². The molecule has 1 aromatic carbocycles. The van der Waals surface area contributed by atoms with Gasteiger partial charge in [0.15, 0.2) is 0 Å². The summed E-state index contributed by atoms with van der Waals surface area (Å²) in [7, 11) is 0. The summed E-state index contributed by atoms with van der Waals surface area (Å²) in [4.78, 5) is 79.2. The van der Waals surface area contributed by atoms with Crippen LogP contribution >= 0.6 is 0 Å². The number of rotatable bonds is 12. The molecule has 3 aliphatic rings. The number of amides is 5. The molecule has 45 heavy (non-hydrogen) atoms. The second-order valence-electron chi connectivity index (χ2n) is 13.0. The lowest BCUT2D eigenvalue weighted by Gasteiger charge is -2.36. The standard InChI is InChI=1S/C33H47N5O7/c1-21(2)24-15-18-38(27(24)29(41)35-19-25(39)28(34)40)30(42)26(23-13-7-4-8-14-23)36-32(44)37-33(16-9-10-17-33)31(43)45-20-22-11-5-3-6-12-22/h3,5-6,11-12,21,23-24,26-27H,4,7-10,13-20H2,1-2H3,(H2,34,40)(H,35,41)(H2,36,37,44)/t24-,26+,27+/m1/s1. The highest BCUT2D eigenvalue weighted by Crippen LogP contribution is 2.35. The Morgan fingerprint density at radius 1 is 0.956 bits per heavy atom. The number of Topliss-reactive ketones (excluding diaryl/α,β-unsaturated/α-hetero) is 1. The van der Waals surface area contributed by atoms with Crippen LogP contribution in [0, 0.1) is 17.8 Å². The van der Waals surface area contributed by atoms with Crippen LogP contribution in [-0.4, -0.2) is 71.1 Å². The van der Waals surface area contributed by atoms with E-state index in [0.29, 0.717) is 25.8 Å². The second kappa shape index (κ2) is 15.4. The number of nitrogens with zero attached hydrogens (tertiary/aromatic N) is 1. The largest absolute Gasteiger partial charge is 0.459 e. The SMILES string of the molecule is CC(C)[C@H]1CCN(C(=O)[C@@H](NC(=O)NC2(C(=O)OCc3ccccc3)CCCC2)C2CCCCC2)[C@@H]1C(=O)NCC(=O)C(N)=O. The van der Waals surface area contributed by atoms with E-state index in [9.17, 15) is 28.8 Å². The van der Waals surface area contributed by atoms with Crippen LogP contribution in [0.2, 0.25) is 0 Å². The maximum Gasteiger partial charge on any atom is 0.332 e. The maximum atomic E-state index is 14.3. The Morgan fingerprint density at radius 2 is 1.62 bits per heavy atom. The third-order valence-electron chi connectivity index (χ3n) is 9.64. The minimum Gasteiger partial charge on any atom is -0.459 e. The number of ether oxygens (including phenoxy) is 1. The summed E-state index contributed by atoms with van der Waals surface area (Å²) in [5.74, 6) is -3.74. The van der Waals surface area contributed by atoms with Crippen LogP contribution in [0.5, 0.6) is 0 Å². The molecule has 12 heteroatoms. The number of carbonyl (C=O) groups is 6. The first-order chi connectivity index (χ1) is 21.5. The fourth-order valence-electron chi connectivity index (χ4n) is 7.10. The summed E-state index contributed by atoms with van der Waals surface area (Å²) in [6.07, 6.45) is 7.32. The zero-order valence-corrected chi connectivity index (χ0v) is 26.3. The predicted octanol–water partition coefficient (Wildman–Crippen LogP) is 2.33. The number of urea groups is 1. The van der Waals surface area contributed by atoms with Gasteiger partial charge in [0.2, 0.25) is 17.6 Å². The van der Waals surface area contributed by atoms with Crippen LogP contribution in [-0.2, 0) is 35.3 Å². The van der Waals surface area contributed by atoms with Crippen molar-refractivity contribution in [2.75, 3.05) is 13.1 Å². The van der Waals surface area contributed by atoms with Crippen LogP contribution in [0.3, 0.4) is 0 Å². The van der Waals surface area contributed by atoms with Gasteiger partial charge >= 0.3 is 12.0 Å². The van der Waals surface area contributed by atoms with E-state index in [1.54, 1.807) is 0 Å². The topological polar surface area (TPSA) is 177 Å². The molecule has 4 rings (SSSR count). The van der Waals surface area contributed by atoms with E-state index in [4.69, 9.17) is 10.5 Å². The number of esters is 1. The number of hydrogen-bond acceptors (Lipinski definition) is 7. The minimum absolute atomic E-state index is 0.0545. The normalized spacial score (nSPS) is 22.0. The molecule has 12 nitrogen and oxygen atoms in total. The molecule has 2 saturated carbocycles. The fraction of sp³-hybridized carbons (Fsp3) is 0.636. The fourth-order valence-corrected chi connectivity index (χ4v) is 7.10. The summed E-state index contributed by atoms with van der Waals surface area (Å²) >= 11 is 0. The Labute approximate surface area is 264 Å². The van der Waals surface area contributed by atoms with Crippen LogP contribution in [0.4, 0.5) is 4.79 Å². The van der Waals surface area contributed by atoms with Crippen molar-refractivity contribution in [2.45, 2.75) is 102 Å². The minimum atomic E-state index is -1.19. The summed E-state index contributed by atoms with van der Waals surface area (Å²) in [6.45, 7) is 3.79. The molecule has 1 aliphatic heterocycles. The number of nitrogens with one attached hydrogen (secondary N) is 3. The highest BCUT2D eigenvalue weighted by molar-refractivity contribution is 6.36. The van der Waals surface area contributed by atoms with Gasteiger partial charge in [-0.2, -0.15) is 0 Å². The quantitative estimate of drug-likeness (QED) is 0.203. The molecule has 1 heterocycles. The molecular weight excluding hydrogens is 578 g/mol. The van der Waals surface area contributed by atoms with Crippen molar-refractivity contribution in [1.29, 1.82) is 0 Å². The number of primary amides is 1. The summed E-state index contributed by atoms with van der Waals surface area (Å²) < 4.78 is 5.64. The maximum absolute atomic E-state index is 14.3. The molecule has 5 amide bonds. The Balaban J connectivity index is 1.50. The number of carbonyl (C=O) groups excluding carboxylic acids is 6. The van der Waals surface area contributed by atoms with Crippen molar-refractivity contribution in [1.82, 2.24) is 20.9 Å². The predicted molar refractivity (Wildman–Crippen MR) is 165 cm³/mol. The van der Waals surface area contributed by atoms with Crippen molar-refractivity contribution < 1.29 is 33.5 Å². The van der Waals surface area contributed by atoms with Crippen molar-refractivity contribution in [2.24, 2.45) is 23.5 Å². The van der Waals surface area contributed by atoms with Gasteiger partial charge in [-0.3, -0.25) is 19.2 Å². The average Bonchev–Trinajstić information content (AvgIpc) is 3.70. The van der Waals surface area contributed by atoms with E-state index < -0.39 is 53.8 Å². The second-order valence-corrected chi connectivity index (χ2v) is 13.0. The highest BCUT2D eigenvalue weighted by Gasteiger charge is 2.48. The first-order valence-corrected chi connectivity index (χ1v) is 16.2. The van der Waals surface area contributed by atoms with Gasteiger partial charge in [-0.1, -0.05) is 76.3 Å². The van der Waals surface area contributed by atoms with Gasteiger partial charge in [0, 0.05) is 6.54 Å². The van der Waals surface area contributed by atoms with Crippen LogP contribution in [0.15, 0.2) is 30.3 Å². The number of hydrogen-bond donors (Lipinski definition) is 4. The van der Waals surface area contributed by atoms with Crippen LogP contribution in [0.25, 0.3) is 0 Å². The summed E-state index contributed by atoms with van der Waals surface area (Å²) in [6, 6.07) is 6.93. The first kappa shape index (κ1) is 33.9. The Kier molecular flexibility index (Phi) is 11.6. The van der Waals surface area contributed by atoms with Crippen LogP contribution < -0.4 is 21.7 Å². The zero-order chi connectivity index (χ0) is 32.6. The van der Waals surface area contributed by atoms with Crippen LogP contribution in [0.1, 0.15) is 83.6 Å². The number of ketones is 1. The van der Waals surface area contributed by atoms with Gasteiger partial charge in [-0.15, -0.1) is 0 Å².